The average molecular weight is 676 g/mol. The van der Waals surface area contributed by atoms with Crippen LogP contribution in [0.1, 0.15) is 45.1 Å². The van der Waals surface area contributed by atoms with Crippen molar-refractivity contribution in [3.8, 4) is 17.2 Å². The highest BCUT2D eigenvalue weighted by atomic mass is 32.2. The van der Waals surface area contributed by atoms with Gasteiger partial charge in [-0.05, 0) is 89.7 Å². The summed E-state index contributed by atoms with van der Waals surface area (Å²) in [7, 11) is -2.59. The number of rotatable bonds is 3. The number of carbonyl (C=O) groups is 3. The van der Waals surface area contributed by atoms with Gasteiger partial charge in [-0.1, -0.05) is 30.3 Å². The third kappa shape index (κ3) is 7.64. The molecule has 7 rings (SSSR count). The number of hydrogen-bond donors (Lipinski definition) is 3. The van der Waals surface area contributed by atoms with Crippen LogP contribution < -0.4 is 20.1 Å². The minimum absolute atomic E-state index is 0.00679. The van der Waals surface area contributed by atoms with E-state index < -0.39 is 21.9 Å². The summed E-state index contributed by atoms with van der Waals surface area (Å²) < 4.78 is 56.7. The Morgan fingerprint density at radius 2 is 1.83 bits per heavy atom. The van der Waals surface area contributed by atoms with Crippen LogP contribution in [-0.4, -0.2) is 62.9 Å². The van der Waals surface area contributed by atoms with Gasteiger partial charge in [0.1, 0.15) is 11.5 Å². The molecule has 4 aromatic rings. The molecule has 0 aromatic heterocycles. The molecule has 11 nitrogen and oxygen atoms in total. The lowest BCUT2D eigenvalue weighted by Gasteiger charge is -2.37. The molecule has 3 N–H and O–H groups in total. The smallest absolute Gasteiger partial charge is 0.290 e. The summed E-state index contributed by atoms with van der Waals surface area (Å²) in [4.78, 5) is 33.2. The largest absolute Gasteiger partial charge is 0.494 e. The van der Waals surface area contributed by atoms with Crippen LogP contribution >= 0.6 is 0 Å². The van der Waals surface area contributed by atoms with Gasteiger partial charge in [-0.25, -0.2) is 12.8 Å². The highest BCUT2D eigenvalue weighted by Gasteiger charge is 2.38. The Morgan fingerprint density at radius 3 is 2.62 bits per heavy atom. The second-order valence-electron chi connectivity index (χ2n) is 11.0. The Hall–Kier alpha value is -5.27. The fourth-order valence-electron chi connectivity index (χ4n) is 5.70. The van der Waals surface area contributed by atoms with E-state index in [2.05, 4.69) is 10.6 Å². The molecule has 1 unspecified atom stereocenters. The molecule has 0 saturated carbocycles. The van der Waals surface area contributed by atoms with Crippen molar-refractivity contribution in [3.63, 3.8) is 0 Å². The number of nitrogens with zero attached hydrogens (tertiary/aromatic N) is 1. The van der Waals surface area contributed by atoms with Crippen LogP contribution in [0.15, 0.2) is 89.8 Å². The molecule has 4 aromatic carbocycles. The van der Waals surface area contributed by atoms with E-state index in [1.54, 1.807) is 42.5 Å². The Morgan fingerprint density at radius 1 is 1.04 bits per heavy atom. The van der Waals surface area contributed by atoms with E-state index >= 15 is 0 Å². The molecule has 3 aliphatic rings. The van der Waals surface area contributed by atoms with Gasteiger partial charge >= 0.3 is 0 Å². The van der Waals surface area contributed by atoms with Crippen molar-refractivity contribution in [2.75, 3.05) is 26.7 Å². The SMILES string of the molecule is CNC(=O)c1cccc(S(=O)(=O)N2CCc3cc4ccc3C2c2cccc(c2)OCCCNC(=O)Cc2ccc(F)c(c2)O4)c1.O=CO. The van der Waals surface area contributed by atoms with Crippen molar-refractivity contribution in [2.24, 2.45) is 0 Å². The topological polar surface area (TPSA) is 151 Å². The molecule has 0 radical (unpaired) electrons. The highest BCUT2D eigenvalue weighted by Crippen LogP contribution is 2.41. The summed E-state index contributed by atoms with van der Waals surface area (Å²) in [5.41, 5.74) is 3.13. The van der Waals surface area contributed by atoms with Crippen LogP contribution in [0.2, 0.25) is 0 Å². The Labute approximate surface area is 277 Å². The minimum Gasteiger partial charge on any atom is -0.494 e. The van der Waals surface area contributed by atoms with E-state index in [1.807, 2.05) is 18.2 Å². The maximum Gasteiger partial charge on any atom is 0.290 e. The molecule has 0 spiro atoms. The van der Waals surface area contributed by atoms with Crippen molar-refractivity contribution in [1.82, 2.24) is 14.9 Å². The van der Waals surface area contributed by atoms with Gasteiger partial charge in [0, 0.05) is 25.7 Å². The van der Waals surface area contributed by atoms with Gasteiger partial charge in [-0.15, -0.1) is 0 Å². The highest BCUT2D eigenvalue weighted by molar-refractivity contribution is 7.89. The average Bonchev–Trinajstić information content (AvgIpc) is 3.08. The zero-order valence-corrected chi connectivity index (χ0v) is 26.8. The number of carbonyl (C=O) groups excluding carboxylic acids is 2. The van der Waals surface area contributed by atoms with Gasteiger partial charge < -0.3 is 25.2 Å². The first-order valence-electron chi connectivity index (χ1n) is 15.1. The lowest BCUT2D eigenvalue weighted by molar-refractivity contribution is -0.123. The number of ether oxygens (including phenoxy) is 2. The van der Waals surface area contributed by atoms with Gasteiger partial charge in [-0.3, -0.25) is 14.4 Å². The Balaban J connectivity index is 0.00000145. The van der Waals surface area contributed by atoms with E-state index in [4.69, 9.17) is 19.4 Å². The van der Waals surface area contributed by atoms with Gasteiger partial charge in [-0.2, -0.15) is 4.31 Å². The first kappa shape index (κ1) is 34.1. The maximum atomic E-state index is 14.8. The first-order chi connectivity index (χ1) is 23.1. The van der Waals surface area contributed by atoms with Gasteiger partial charge in [0.25, 0.3) is 12.4 Å². The number of benzene rings is 4. The van der Waals surface area contributed by atoms with Crippen LogP contribution in [-0.2, 0) is 32.5 Å². The maximum absolute atomic E-state index is 14.8. The van der Waals surface area contributed by atoms with E-state index in [1.165, 1.54) is 35.6 Å². The third-order valence-corrected chi connectivity index (χ3v) is 9.76. The van der Waals surface area contributed by atoms with E-state index in [0.717, 1.165) is 11.1 Å². The summed E-state index contributed by atoms with van der Waals surface area (Å²) >= 11 is 0. The number of halogens is 1. The van der Waals surface area contributed by atoms with Crippen LogP contribution in [0.3, 0.4) is 0 Å². The molecule has 48 heavy (non-hydrogen) atoms. The predicted molar refractivity (Wildman–Crippen MR) is 174 cm³/mol. The predicted octanol–water partition coefficient (Wildman–Crippen LogP) is 4.46. The summed E-state index contributed by atoms with van der Waals surface area (Å²) in [6, 6.07) is 22.2. The second-order valence-corrected chi connectivity index (χ2v) is 12.9. The number of nitrogens with one attached hydrogen (secondary N) is 2. The van der Waals surface area contributed by atoms with Crippen molar-refractivity contribution < 1.29 is 41.8 Å². The summed E-state index contributed by atoms with van der Waals surface area (Å²) in [6.07, 6.45) is 0.989. The standard InChI is InChI=1S/C34H32FN3O6S.CH2O2/c1-36-34(40)25-6-3-8-28(21-25)45(41,42)38-15-13-23-19-27-10-11-29(23)33(38)24-5-2-7-26(20-24)43-16-4-14-37-32(39)18-22-9-12-30(35)31(17-22)44-27;2-1-3/h2-3,5-12,17,19-21,33H,4,13-16,18H2,1H3,(H,36,40)(H,37,39);1H,(H,2,3). The molecular weight excluding hydrogens is 641 g/mol. The van der Waals surface area contributed by atoms with E-state index in [9.17, 15) is 22.4 Å². The van der Waals surface area contributed by atoms with Crippen LogP contribution in [0.25, 0.3) is 0 Å². The van der Waals surface area contributed by atoms with Gasteiger partial charge in [0.05, 0.1) is 24.0 Å². The summed E-state index contributed by atoms with van der Waals surface area (Å²) in [5, 5.41) is 12.3. The number of carboxylic acid groups (broad SMARTS) is 1. The molecule has 8 bridgehead atoms. The van der Waals surface area contributed by atoms with Crippen molar-refractivity contribution in [3.05, 3.63) is 119 Å². The van der Waals surface area contributed by atoms with Crippen molar-refractivity contribution >= 4 is 28.3 Å². The number of amides is 2. The molecule has 0 saturated heterocycles. The van der Waals surface area contributed by atoms with E-state index in [-0.39, 0.29) is 47.5 Å². The Bertz CT molecular complexity index is 1930. The van der Waals surface area contributed by atoms with Crippen LogP contribution in [0, 0.1) is 5.82 Å². The summed E-state index contributed by atoms with van der Waals surface area (Å²) in [5.74, 6) is -0.207. The third-order valence-electron chi connectivity index (χ3n) is 7.90. The summed E-state index contributed by atoms with van der Waals surface area (Å²) in [6.45, 7) is 0.618. The Kier molecular flexibility index (Phi) is 10.7. The molecule has 13 heteroatoms. The van der Waals surface area contributed by atoms with Crippen LogP contribution in [0.5, 0.6) is 17.2 Å². The minimum atomic E-state index is -4.08. The quantitative estimate of drug-likeness (QED) is 0.270. The molecule has 1 atom stereocenters. The number of hydrogen-bond acceptors (Lipinski definition) is 7. The van der Waals surface area contributed by atoms with Crippen LogP contribution in [0.4, 0.5) is 4.39 Å². The molecular formula is C35H34FN3O8S. The number of sulfonamides is 1. The van der Waals surface area contributed by atoms with Crippen molar-refractivity contribution in [1.29, 1.82) is 0 Å². The molecule has 0 aliphatic carbocycles. The monoisotopic (exact) mass is 675 g/mol. The number of fused-ring (bicyclic) bond motifs is 7. The van der Waals surface area contributed by atoms with E-state index in [0.29, 0.717) is 48.6 Å². The molecule has 3 aliphatic heterocycles. The second kappa shape index (κ2) is 15.1. The lowest BCUT2D eigenvalue weighted by Crippen LogP contribution is -2.40. The zero-order valence-electron chi connectivity index (χ0n) is 26.0. The fraction of sp³-hybridized carbons (Fsp3) is 0.229. The molecule has 0 fully saturated rings. The zero-order chi connectivity index (χ0) is 34.3. The lowest BCUT2D eigenvalue weighted by atomic mass is 9.89. The normalized spacial score (nSPS) is 16.3. The fourth-order valence-corrected chi connectivity index (χ4v) is 7.34. The first-order valence-corrected chi connectivity index (χ1v) is 16.6. The molecule has 2 amide bonds. The molecule has 3 heterocycles. The van der Waals surface area contributed by atoms with Gasteiger partial charge in [0.15, 0.2) is 11.6 Å². The van der Waals surface area contributed by atoms with Gasteiger partial charge in [0.2, 0.25) is 15.9 Å². The van der Waals surface area contributed by atoms with Crippen molar-refractivity contribution in [2.45, 2.75) is 30.2 Å². The molecule has 250 valence electrons.